The van der Waals surface area contributed by atoms with Crippen LogP contribution < -0.4 is 18.1 Å². The molecule has 18 heavy (non-hydrogen) atoms. The normalized spacial score (nSPS) is 9.56. The lowest BCUT2D eigenvalue weighted by molar-refractivity contribution is -0.00000368. The maximum atomic E-state index is 7.16. The number of nitrogens with one attached hydrogen (secondary N) is 1. The highest BCUT2D eigenvalue weighted by atomic mass is 35.5. The number of rotatable bonds is 3. The van der Waals surface area contributed by atoms with Crippen molar-refractivity contribution >= 4 is 16.9 Å². The van der Waals surface area contributed by atoms with Crippen LogP contribution in [-0.4, -0.2) is 5.17 Å². The van der Waals surface area contributed by atoms with Crippen LogP contribution in [0.3, 0.4) is 0 Å². The summed E-state index contributed by atoms with van der Waals surface area (Å²) in [6.07, 6.45) is 0. The summed E-state index contributed by atoms with van der Waals surface area (Å²) >= 11 is 1.35. The summed E-state index contributed by atoms with van der Waals surface area (Å²) in [6.45, 7) is 0. The minimum Gasteiger partial charge on any atom is -1.00 e. The minimum absolute atomic E-state index is 0. The van der Waals surface area contributed by atoms with Gasteiger partial charge in [0.15, 0.2) is 5.17 Å². The molecule has 0 unspecified atom stereocenters. The van der Waals surface area contributed by atoms with E-state index in [2.05, 4.69) is 36.4 Å². The fourth-order valence-electron chi connectivity index (χ4n) is 1.59. The molecule has 0 heterocycles. The number of hydrogen-bond acceptors (Lipinski definition) is 2. The van der Waals surface area contributed by atoms with Crippen molar-refractivity contribution in [3.63, 3.8) is 0 Å². The molecule has 2 aromatic rings. The highest BCUT2D eigenvalue weighted by Gasteiger charge is 1.98. The quantitative estimate of drug-likeness (QED) is 0.634. The molecule has 2 rings (SSSR count). The SMILES string of the molecule is N=C(N)SCc1ccc(-c2ccccc2)cc1.[Cl-]. The van der Waals surface area contributed by atoms with Crippen LogP contribution in [0.2, 0.25) is 0 Å². The molecule has 0 aromatic heterocycles. The molecule has 2 nitrogen and oxygen atoms in total. The first-order chi connectivity index (χ1) is 8.25. The second-order valence-electron chi connectivity index (χ2n) is 3.72. The van der Waals surface area contributed by atoms with Gasteiger partial charge in [-0.05, 0) is 16.7 Å². The molecule has 0 atom stereocenters. The maximum Gasteiger partial charge on any atom is 0.151 e. The van der Waals surface area contributed by atoms with Gasteiger partial charge in [-0.25, -0.2) is 0 Å². The van der Waals surface area contributed by atoms with E-state index in [4.69, 9.17) is 11.1 Å². The zero-order chi connectivity index (χ0) is 12.1. The average Bonchev–Trinajstić information content (AvgIpc) is 2.38. The van der Waals surface area contributed by atoms with E-state index >= 15 is 0 Å². The molecule has 0 bridgehead atoms. The summed E-state index contributed by atoms with van der Waals surface area (Å²) in [6, 6.07) is 18.6. The molecular weight excluding hydrogens is 264 g/mol. The molecule has 94 valence electrons. The minimum atomic E-state index is 0. The van der Waals surface area contributed by atoms with E-state index in [0.29, 0.717) is 0 Å². The molecule has 0 aliphatic carbocycles. The Morgan fingerprint density at radius 3 is 2.06 bits per heavy atom. The first-order valence-corrected chi connectivity index (χ1v) is 6.35. The molecule has 4 heteroatoms. The van der Waals surface area contributed by atoms with Gasteiger partial charge in [0.2, 0.25) is 0 Å². The lowest BCUT2D eigenvalue weighted by atomic mass is 10.0. The highest BCUT2D eigenvalue weighted by Crippen LogP contribution is 2.20. The summed E-state index contributed by atoms with van der Waals surface area (Å²) in [5.41, 5.74) is 8.92. The van der Waals surface area contributed by atoms with Crippen molar-refractivity contribution in [2.75, 3.05) is 0 Å². The van der Waals surface area contributed by atoms with E-state index < -0.39 is 0 Å². The van der Waals surface area contributed by atoms with E-state index in [1.54, 1.807) is 0 Å². The van der Waals surface area contributed by atoms with Crippen molar-refractivity contribution in [1.82, 2.24) is 0 Å². The Balaban J connectivity index is 0.00000162. The largest absolute Gasteiger partial charge is 1.00 e. The number of thioether (sulfide) groups is 1. The summed E-state index contributed by atoms with van der Waals surface area (Å²) in [5, 5.41) is 7.33. The van der Waals surface area contributed by atoms with Gasteiger partial charge in [0.25, 0.3) is 0 Å². The lowest BCUT2D eigenvalue weighted by Gasteiger charge is -2.03. The summed E-state index contributed by atoms with van der Waals surface area (Å²) in [7, 11) is 0. The van der Waals surface area contributed by atoms with Crippen molar-refractivity contribution in [3.05, 3.63) is 60.2 Å². The number of benzene rings is 2. The molecule has 0 fully saturated rings. The van der Waals surface area contributed by atoms with E-state index in [9.17, 15) is 0 Å². The van der Waals surface area contributed by atoms with Crippen LogP contribution in [0.25, 0.3) is 11.1 Å². The number of halogens is 1. The van der Waals surface area contributed by atoms with E-state index in [0.717, 1.165) is 5.75 Å². The van der Waals surface area contributed by atoms with E-state index in [1.165, 1.54) is 28.5 Å². The molecule has 0 aliphatic rings. The maximum absolute atomic E-state index is 7.16. The zero-order valence-electron chi connectivity index (χ0n) is 9.77. The monoisotopic (exact) mass is 277 g/mol. The Bertz CT molecular complexity index is 497. The molecule has 2 aromatic carbocycles. The second-order valence-corrected chi connectivity index (χ2v) is 4.73. The Labute approximate surface area is 118 Å². The zero-order valence-corrected chi connectivity index (χ0v) is 11.3. The number of nitrogens with two attached hydrogens (primary N) is 1. The smallest absolute Gasteiger partial charge is 0.151 e. The van der Waals surface area contributed by atoms with Crippen molar-refractivity contribution < 1.29 is 12.4 Å². The third-order valence-electron chi connectivity index (χ3n) is 2.46. The molecule has 0 saturated carbocycles. The van der Waals surface area contributed by atoms with Gasteiger partial charge in [0.05, 0.1) is 0 Å². The predicted octanol–water partition coefficient (Wildman–Crippen LogP) is 0.484. The molecule has 0 spiro atoms. The molecule has 3 N–H and O–H groups in total. The number of hydrogen-bond donors (Lipinski definition) is 2. The fourth-order valence-corrected chi connectivity index (χ4v) is 2.10. The Kier molecular flexibility index (Phi) is 5.75. The predicted molar refractivity (Wildman–Crippen MR) is 75.1 cm³/mol. The van der Waals surface area contributed by atoms with Crippen molar-refractivity contribution in [3.8, 4) is 11.1 Å². The van der Waals surface area contributed by atoms with Gasteiger partial charge in [-0.15, -0.1) is 0 Å². The Morgan fingerprint density at radius 1 is 0.944 bits per heavy atom. The molecular formula is C14H14ClN2S-. The van der Waals surface area contributed by atoms with Gasteiger partial charge in [0, 0.05) is 5.75 Å². The van der Waals surface area contributed by atoms with Crippen LogP contribution in [0.4, 0.5) is 0 Å². The first kappa shape index (κ1) is 14.6. The Hall–Kier alpha value is -1.45. The van der Waals surface area contributed by atoms with Gasteiger partial charge in [-0.2, -0.15) is 0 Å². The second kappa shape index (κ2) is 7.09. The first-order valence-electron chi connectivity index (χ1n) is 5.37. The third-order valence-corrected chi connectivity index (χ3v) is 3.24. The van der Waals surface area contributed by atoms with Crippen LogP contribution in [0.5, 0.6) is 0 Å². The van der Waals surface area contributed by atoms with Gasteiger partial charge < -0.3 is 18.1 Å². The van der Waals surface area contributed by atoms with Gasteiger partial charge in [-0.1, -0.05) is 66.4 Å². The van der Waals surface area contributed by atoms with Crippen LogP contribution in [0.1, 0.15) is 5.56 Å². The van der Waals surface area contributed by atoms with Crippen molar-refractivity contribution in [2.45, 2.75) is 5.75 Å². The topological polar surface area (TPSA) is 49.9 Å². The summed E-state index contributed by atoms with van der Waals surface area (Å²) in [4.78, 5) is 0. The average molecular weight is 278 g/mol. The molecule has 0 aliphatic heterocycles. The van der Waals surface area contributed by atoms with Gasteiger partial charge in [0.1, 0.15) is 0 Å². The lowest BCUT2D eigenvalue weighted by Crippen LogP contribution is -3.00. The standard InChI is InChI=1S/C14H14N2S.ClH/c15-14(16)17-10-11-6-8-13(9-7-11)12-4-2-1-3-5-12;/h1-9H,10H2,(H3,15,16);1H/p-1. The van der Waals surface area contributed by atoms with E-state index in [1.807, 2.05) is 18.2 Å². The van der Waals surface area contributed by atoms with E-state index in [-0.39, 0.29) is 17.6 Å². The number of amidine groups is 1. The van der Waals surface area contributed by atoms with Crippen LogP contribution in [-0.2, 0) is 5.75 Å². The molecule has 0 amide bonds. The van der Waals surface area contributed by atoms with Gasteiger partial charge in [-0.3, -0.25) is 5.41 Å². The third kappa shape index (κ3) is 4.09. The Morgan fingerprint density at radius 2 is 1.50 bits per heavy atom. The van der Waals surface area contributed by atoms with Crippen LogP contribution in [0.15, 0.2) is 54.6 Å². The fraction of sp³-hybridized carbons (Fsp3) is 0.0714. The van der Waals surface area contributed by atoms with Crippen LogP contribution in [0, 0.1) is 5.41 Å². The molecule has 0 saturated heterocycles. The molecule has 0 radical (unpaired) electrons. The highest BCUT2D eigenvalue weighted by molar-refractivity contribution is 8.13. The summed E-state index contributed by atoms with van der Waals surface area (Å²) < 4.78 is 0. The van der Waals surface area contributed by atoms with Crippen molar-refractivity contribution in [1.29, 1.82) is 5.41 Å². The van der Waals surface area contributed by atoms with Gasteiger partial charge >= 0.3 is 0 Å². The van der Waals surface area contributed by atoms with Crippen LogP contribution >= 0.6 is 11.8 Å². The summed E-state index contributed by atoms with van der Waals surface area (Å²) in [5.74, 6) is 0.754. The van der Waals surface area contributed by atoms with Crippen molar-refractivity contribution in [2.24, 2.45) is 5.73 Å².